The van der Waals surface area contributed by atoms with Crippen molar-refractivity contribution in [3.05, 3.63) is 93.6 Å². The maximum atomic E-state index is 13.5. The molecule has 40 heavy (non-hydrogen) atoms. The second-order valence-electron chi connectivity index (χ2n) is 8.39. The minimum absolute atomic E-state index is 0.0372. The molecule has 0 bridgehead atoms. The van der Waals surface area contributed by atoms with Crippen molar-refractivity contribution < 1.29 is 33.9 Å². The minimum atomic E-state index is -1.25. The van der Waals surface area contributed by atoms with E-state index in [1.54, 1.807) is 30.4 Å². The minimum Gasteiger partial charge on any atom is -0.478 e. The molecule has 4 rings (SSSR count). The van der Waals surface area contributed by atoms with E-state index in [4.69, 9.17) is 20.5 Å². The highest BCUT2D eigenvalue weighted by molar-refractivity contribution is 7.14. The van der Waals surface area contributed by atoms with E-state index in [0.717, 1.165) is 4.88 Å². The van der Waals surface area contributed by atoms with Crippen LogP contribution in [0.15, 0.2) is 76.5 Å². The van der Waals surface area contributed by atoms with Gasteiger partial charge in [0.05, 0.1) is 23.2 Å². The predicted octanol–water partition coefficient (Wildman–Crippen LogP) is 1.43. The average molecular weight is 562 g/mol. The van der Waals surface area contributed by atoms with Gasteiger partial charge in [-0.05, 0) is 48.5 Å². The lowest BCUT2D eigenvalue weighted by molar-refractivity contribution is -0.140. The highest BCUT2D eigenvalue weighted by Gasteiger charge is 2.36. The van der Waals surface area contributed by atoms with Crippen molar-refractivity contribution in [1.29, 1.82) is 0 Å². The summed E-state index contributed by atoms with van der Waals surface area (Å²) < 4.78 is 5.38. The van der Waals surface area contributed by atoms with E-state index in [-0.39, 0.29) is 30.2 Å². The number of nitrogens with one attached hydrogen (secondary N) is 2. The first-order valence-electron chi connectivity index (χ1n) is 11.8. The monoisotopic (exact) mass is 561 g/mol. The van der Waals surface area contributed by atoms with E-state index in [0.29, 0.717) is 10.4 Å². The van der Waals surface area contributed by atoms with Crippen LogP contribution in [0.5, 0.6) is 0 Å². The molecule has 0 radical (unpaired) electrons. The van der Waals surface area contributed by atoms with E-state index in [9.17, 15) is 19.2 Å². The SMILES string of the molecule is N/C(=N\O)c1ccc(CNC(=O)C2C=CCN2C(=O)[C@@H](NC(=O)C#Cc2ccc(C(=O)O)cc2)c2ccco2)s1. The number of benzene rings is 1. The lowest BCUT2D eigenvalue weighted by atomic mass is 10.1. The zero-order chi connectivity index (χ0) is 28.6. The molecule has 3 heterocycles. The molecular weight excluding hydrogens is 538 g/mol. The topological polar surface area (TPSA) is 188 Å². The number of carboxylic acid groups (broad SMARTS) is 1. The van der Waals surface area contributed by atoms with Gasteiger partial charge in [-0.2, -0.15) is 0 Å². The van der Waals surface area contributed by atoms with Gasteiger partial charge in [0.2, 0.25) is 5.91 Å². The Morgan fingerprint density at radius 3 is 2.62 bits per heavy atom. The van der Waals surface area contributed by atoms with E-state index in [2.05, 4.69) is 27.6 Å². The van der Waals surface area contributed by atoms with Gasteiger partial charge < -0.3 is 36.0 Å². The number of carbonyl (C=O) groups is 4. The van der Waals surface area contributed by atoms with Crippen LogP contribution in [0, 0.1) is 11.8 Å². The Hall–Kier alpha value is -5.35. The van der Waals surface area contributed by atoms with Crippen molar-refractivity contribution in [3.8, 4) is 11.8 Å². The van der Waals surface area contributed by atoms with Crippen molar-refractivity contribution in [2.75, 3.05) is 6.54 Å². The summed E-state index contributed by atoms with van der Waals surface area (Å²) in [7, 11) is 0. The van der Waals surface area contributed by atoms with E-state index in [1.807, 2.05) is 0 Å². The summed E-state index contributed by atoms with van der Waals surface area (Å²) in [6, 6.07) is 9.96. The van der Waals surface area contributed by atoms with Gasteiger partial charge >= 0.3 is 5.97 Å². The molecule has 2 aromatic heterocycles. The molecule has 1 unspecified atom stereocenters. The van der Waals surface area contributed by atoms with Gasteiger partial charge in [-0.15, -0.1) is 11.3 Å². The fourth-order valence-electron chi connectivity index (χ4n) is 3.78. The quantitative estimate of drug-likeness (QED) is 0.0682. The van der Waals surface area contributed by atoms with Crippen molar-refractivity contribution in [3.63, 3.8) is 0 Å². The van der Waals surface area contributed by atoms with Crippen LogP contribution in [0.4, 0.5) is 0 Å². The van der Waals surface area contributed by atoms with Gasteiger partial charge in [0.15, 0.2) is 11.9 Å². The predicted molar refractivity (Wildman–Crippen MR) is 143 cm³/mol. The summed E-state index contributed by atoms with van der Waals surface area (Å²) in [6.07, 6.45) is 4.62. The third-order valence-corrected chi connectivity index (χ3v) is 6.88. The zero-order valence-corrected chi connectivity index (χ0v) is 21.6. The second-order valence-corrected chi connectivity index (χ2v) is 9.56. The van der Waals surface area contributed by atoms with Gasteiger partial charge in [-0.3, -0.25) is 14.4 Å². The number of nitrogens with zero attached hydrogens (tertiary/aromatic N) is 2. The number of oxime groups is 1. The first-order chi connectivity index (χ1) is 19.3. The van der Waals surface area contributed by atoms with E-state index < -0.39 is 35.8 Å². The number of nitrogens with two attached hydrogens (primary N) is 1. The molecule has 1 aliphatic heterocycles. The van der Waals surface area contributed by atoms with Crippen LogP contribution in [0.2, 0.25) is 0 Å². The Kier molecular flexibility index (Phi) is 8.62. The fraction of sp³-hybridized carbons (Fsp3) is 0.148. The zero-order valence-electron chi connectivity index (χ0n) is 20.7. The van der Waals surface area contributed by atoms with Crippen LogP contribution in [0.25, 0.3) is 0 Å². The number of carboxylic acids is 1. The smallest absolute Gasteiger partial charge is 0.335 e. The van der Waals surface area contributed by atoms with Crippen LogP contribution < -0.4 is 16.4 Å². The molecule has 0 fully saturated rings. The number of furan rings is 1. The molecular formula is C27H23N5O7S. The summed E-state index contributed by atoms with van der Waals surface area (Å²) in [6.45, 7) is 0.300. The molecule has 2 atom stereocenters. The first-order valence-corrected chi connectivity index (χ1v) is 12.6. The standard InChI is InChI=1S/C27H23N5O7S/c28-24(31-38)21-11-10-18(40-21)15-29-25(34)19-3-1-13-32(19)26(35)23(20-4-2-14-39-20)30-22(33)12-7-16-5-8-17(9-6-16)27(36)37/h1-6,8-11,14,19,23,38H,13,15H2,(H2,28,31)(H,29,34)(H,30,33)(H,36,37)/t19?,23-/m0/s1. The third-order valence-electron chi connectivity index (χ3n) is 5.77. The molecule has 0 saturated heterocycles. The summed E-state index contributed by atoms with van der Waals surface area (Å²) in [5.41, 5.74) is 6.07. The van der Waals surface area contributed by atoms with Gasteiger partial charge in [0, 0.05) is 22.9 Å². The molecule has 12 nitrogen and oxygen atoms in total. The largest absolute Gasteiger partial charge is 0.478 e. The number of hydrogen-bond acceptors (Lipinski definition) is 8. The van der Waals surface area contributed by atoms with Crippen molar-refractivity contribution in [1.82, 2.24) is 15.5 Å². The Balaban J connectivity index is 1.43. The van der Waals surface area contributed by atoms with E-state index in [1.165, 1.54) is 52.8 Å². The second kappa shape index (κ2) is 12.5. The van der Waals surface area contributed by atoms with Gasteiger partial charge in [-0.1, -0.05) is 23.2 Å². The van der Waals surface area contributed by atoms with Gasteiger partial charge in [0.1, 0.15) is 11.8 Å². The first kappa shape index (κ1) is 27.7. The van der Waals surface area contributed by atoms with Crippen molar-refractivity contribution in [2.24, 2.45) is 10.9 Å². The normalized spacial score (nSPS) is 15.2. The van der Waals surface area contributed by atoms with Gasteiger partial charge in [0.25, 0.3) is 11.8 Å². The molecule has 1 aromatic carbocycles. The number of carbonyl (C=O) groups excluding carboxylic acids is 3. The van der Waals surface area contributed by atoms with Crippen molar-refractivity contribution >= 4 is 40.9 Å². The molecule has 6 N–H and O–H groups in total. The summed E-state index contributed by atoms with van der Waals surface area (Å²) in [5.74, 6) is 2.26. The Labute approximate surface area is 231 Å². The number of amides is 3. The summed E-state index contributed by atoms with van der Waals surface area (Å²) >= 11 is 1.24. The summed E-state index contributed by atoms with van der Waals surface area (Å²) in [5, 5.41) is 26.1. The Bertz CT molecular complexity index is 1530. The van der Waals surface area contributed by atoms with Gasteiger partial charge in [-0.25, -0.2) is 4.79 Å². The molecule has 0 spiro atoms. The van der Waals surface area contributed by atoms with Crippen LogP contribution in [0.1, 0.15) is 37.5 Å². The molecule has 204 valence electrons. The lowest BCUT2D eigenvalue weighted by Crippen LogP contribution is -2.50. The summed E-state index contributed by atoms with van der Waals surface area (Å²) in [4.78, 5) is 52.8. The van der Waals surface area contributed by atoms with Crippen LogP contribution in [-0.2, 0) is 20.9 Å². The molecule has 1 aliphatic rings. The van der Waals surface area contributed by atoms with E-state index >= 15 is 0 Å². The number of aromatic carboxylic acids is 1. The molecule has 0 saturated carbocycles. The maximum absolute atomic E-state index is 13.5. The number of rotatable bonds is 8. The van der Waals surface area contributed by atoms with Crippen LogP contribution in [-0.4, -0.2) is 57.3 Å². The number of thiophene rings is 1. The number of hydrogen-bond donors (Lipinski definition) is 5. The number of amidine groups is 1. The molecule has 3 aromatic rings. The molecule has 0 aliphatic carbocycles. The highest BCUT2D eigenvalue weighted by atomic mass is 32.1. The van der Waals surface area contributed by atoms with Crippen LogP contribution in [0.3, 0.4) is 0 Å². The molecule has 3 amide bonds. The molecule has 13 heteroatoms. The Morgan fingerprint density at radius 1 is 1.18 bits per heavy atom. The lowest BCUT2D eigenvalue weighted by Gasteiger charge is -2.27. The Morgan fingerprint density at radius 2 is 1.95 bits per heavy atom. The van der Waals surface area contributed by atoms with Crippen LogP contribution >= 0.6 is 11.3 Å². The van der Waals surface area contributed by atoms with Crippen molar-refractivity contribution in [2.45, 2.75) is 18.6 Å². The maximum Gasteiger partial charge on any atom is 0.335 e. The fourth-order valence-corrected chi connectivity index (χ4v) is 4.63. The average Bonchev–Trinajstić information content (AvgIpc) is 3.75. The highest BCUT2D eigenvalue weighted by Crippen LogP contribution is 2.22. The third kappa shape index (κ3) is 6.55.